The van der Waals surface area contributed by atoms with Gasteiger partial charge in [-0.1, -0.05) is 29.8 Å². The fourth-order valence-electron chi connectivity index (χ4n) is 2.91. The smallest absolute Gasteiger partial charge is 0.258 e. The molecule has 6 heteroatoms. The lowest BCUT2D eigenvalue weighted by Gasteiger charge is -2.14. The summed E-state index contributed by atoms with van der Waals surface area (Å²) in [6.45, 7) is 5.83. The number of hydrogen-bond donors (Lipinski definition) is 2. The van der Waals surface area contributed by atoms with Crippen LogP contribution in [-0.2, 0) is 4.79 Å². The van der Waals surface area contributed by atoms with Gasteiger partial charge in [0.15, 0.2) is 0 Å². The van der Waals surface area contributed by atoms with Gasteiger partial charge in [0.2, 0.25) is 5.91 Å². The van der Waals surface area contributed by atoms with Gasteiger partial charge in [0.25, 0.3) is 5.91 Å². The number of rotatable bonds is 6. The first-order chi connectivity index (χ1) is 14.3. The average molecular weight is 423 g/mol. The molecule has 0 heterocycles. The maximum absolute atomic E-state index is 13.7. The van der Waals surface area contributed by atoms with Gasteiger partial charge in [0, 0.05) is 16.3 Å². The van der Waals surface area contributed by atoms with E-state index in [0.717, 1.165) is 21.7 Å². The summed E-state index contributed by atoms with van der Waals surface area (Å²) >= 11 is 1.42. The summed E-state index contributed by atoms with van der Waals surface area (Å²) < 4.78 is 13.7. The minimum atomic E-state index is -0.564. The van der Waals surface area contributed by atoms with Crippen LogP contribution in [0.4, 0.5) is 15.8 Å². The molecule has 154 valence electrons. The van der Waals surface area contributed by atoms with Crippen molar-refractivity contribution < 1.29 is 14.0 Å². The Morgan fingerprint density at radius 2 is 1.63 bits per heavy atom. The second-order valence-electron chi connectivity index (χ2n) is 7.03. The predicted octanol–water partition coefficient (Wildman–Crippen LogP) is 5.81. The van der Waals surface area contributed by atoms with Gasteiger partial charge in [0.05, 0.1) is 10.8 Å². The van der Waals surface area contributed by atoms with Gasteiger partial charge in [-0.05, 0) is 68.8 Å². The summed E-state index contributed by atoms with van der Waals surface area (Å²) in [4.78, 5) is 25.6. The van der Waals surface area contributed by atoms with Crippen molar-refractivity contribution >= 4 is 35.0 Å². The van der Waals surface area contributed by atoms with E-state index in [4.69, 9.17) is 0 Å². The number of aryl methyl sites for hydroxylation is 2. The van der Waals surface area contributed by atoms with Gasteiger partial charge in [-0.2, -0.15) is 0 Å². The number of halogens is 1. The zero-order valence-electron chi connectivity index (χ0n) is 17.0. The Morgan fingerprint density at radius 3 is 2.30 bits per heavy atom. The molecule has 0 radical (unpaired) electrons. The van der Waals surface area contributed by atoms with Crippen LogP contribution in [0.1, 0.15) is 28.4 Å². The quantitative estimate of drug-likeness (QED) is 0.493. The third-order valence-electron chi connectivity index (χ3n) is 4.55. The van der Waals surface area contributed by atoms with Crippen LogP contribution in [0.3, 0.4) is 0 Å². The fourth-order valence-corrected chi connectivity index (χ4v) is 3.77. The lowest BCUT2D eigenvalue weighted by Crippen LogP contribution is -2.22. The maximum atomic E-state index is 13.7. The lowest BCUT2D eigenvalue weighted by molar-refractivity contribution is -0.115. The first-order valence-electron chi connectivity index (χ1n) is 9.54. The molecule has 0 aliphatic carbocycles. The summed E-state index contributed by atoms with van der Waals surface area (Å²) in [7, 11) is 0. The summed E-state index contributed by atoms with van der Waals surface area (Å²) in [6, 6.07) is 18.8. The molecular formula is C24H23FN2O2S. The zero-order chi connectivity index (χ0) is 21.7. The summed E-state index contributed by atoms with van der Waals surface area (Å²) in [5, 5.41) is 5.34. The molecule has 3 aromatic rings. The second-order valence-corrected chi connectivity index (χ2v) is 8.44. The van der Waals surface area contributed by atoms with Gasteiger partial charge in [-0.25, -0.2) is 4.39 Å². The minimum absolute atomic E-state index is 0.00681. The van der Waals surface area contributed by atoms with Gasteiger partial charge >= 0.3 is 0 Å². The molecule has 3 rings (SSSR count). The molecule has 0 aromatic heterocycles. The molecule has 0 bridgehead atoms. The summed E-state index contributed by atoms with van der Waals surface area (Å²) in [5.74, 6) is -1.15. The monoisotopic (exact) mass is 422 g/mol. The minimum Gasteiger partial charge on any atom is -0.325 e. The van der Waals surface area contributed by atoms with E-state index >= 15 is 0 Å². The van der Waals surface area contributed by atoms with Crippen molar-refractivity contribution in [1.82, 2.24) is 0 Å². The third kappa shape index (κ3) is 5.48. The Hall–Kier alpha value is -3.12. The predicted molar refractivity (Wildman–Crippen MR) is 121 cm³/mol. The highest BCUT2D eigenvalue weighted by Crippen LogP contribution is 2.26. The van der Waals surface area contributed by atoms with Crippen molar-refractivity contribution in [3.05, 3.63) is 89.2 Å². The number of amides is 2. The van der Waals surface area contributed by atoms with E-state index in [-0.39, 0.29) is 16.7 Å². The standard InChI is InChI=1S/C24H23FN2O2S/c1-15-8-13-22(16(2)14-15)27-23(28)17(3)30-19-11-9-18(10-12-19)26-24(29)20-6-4-5-7-21(20)25/h4-14,17H,1-3H3,(H,26,29)(H,27,28). The molecule has 0 fully saturated rings. The van der Waals surface area contributed by atoms with E-state index in [1.165, 1.54) is 30.0 Å². The summed E-state index contributed by atoms with van der Waals surface area (Å²) in [6.07, 6.45) is 0. The van der Waals surface area contributed by atoms with Crippen LogP contribution in [0.15, 0.2) is 71.6 Å². The van der Waals surface area contributed by atoms with Crippen LogP contribution in [0.2, 0.25) is 0 Å². The molecule has 0 aliphatic rings. The molecule has 4 nitrogen and oxygen atoms in total. The van der Waals surface area contributed by atoms with Crippen LogP contribution in [0.25, 0.3) is 0 Å². The molecule has 1 atom stereocenters. The Labute approximate surface area is 179 Å². The van der Waals surface area contributed by atoms with Crippen molar-refractivity contribution in [2.24, 2.45) is 0 Å². The summed E-state index contributed by atoms with van der Waals surface area (Å²) in [5.41, 5.74) is 3.53. The third-order valence-corrected chi connectivity index (χ3v) is 5.66. The number of carbonyl (C=O) groups is 2. The number of anilines is 2. The zero-order valence-corrected chi connectivity index (χ0v) is 17.8. The highest BCUT2D eigenvalue weighted by Gasteiger charge is 2.16. The Bertz CT molecular complexity index is 1070. The van der Waals surface area contributed by atoms with Crippen LogP contribution in [0, 0.1) is 19.7 Å². The lowest BCUT2D eigenvalue weighted by atomic mass is 10.1. The Balaban J connectivity index is 1.58. The average Bonchev–Trinajstić information content (AvgIpc) is 2.71. The van der Waals surface area contributed by atoms with Gasteiger partial charge in [-0.15, -0.1) is 11.8 Å². The van der Waals surface area contributed by atoms with Gasteiger partial charge in [0.1, 0.15) is 5.82 Å². The van der Waals surface area contributed by atoms with Gasteiger partial charge in [-0.3, -0.25) is 9.59 Å². The molecule has 1 unspecified atom stereocenters. The van der Waals surface area contributed by atoms with E-state index < -0.39 is 11.7 Å². The molecule has 0 saturated heterocycles. The molecule has 30 heavy (non-hydrogen) atoms. The highest BCUT2D eigenvalue weighted by molar-refractivity contribution is 8.00. The molecular weight excluding hydrogens is 399 g/mol. The fraction of sp³-hybridized carbons (Fsp3) is 0.167. The molecule has 2 amide bonds. The largest absolute Gasteiger partial charge is 0.325 e. The van der Waals surface area contributed by atoms with E-state index in [1.807, 2.05) is 51.1 Å². The van der Waals surface area contributed by atoms with Gasteiger partial charge < -0.3 is 10.6 Å². The number of hydrogen-bond acceptors (Lipinski definition) is 3. The Morgan fingerprint density at radius 1 is 0.933 bits per heavy atom. The van der Waals surface area contributed by atoms with E-state index in [2.05, 4.69) is 10.6 Å². The first kappa shape index (κ1) is 21.6. The van der Waals surface area contributed by atoms with Crippen LogP contribution >= 0.6 is 11.8 Å². The van der Waals surface area contributed by atoms with Crippen LogP contribution in [0.5, 0.6) is 0 Å². The molecule has 3 aromatic carbocycles. The van der Waals surface area contributed by atoms with Crippen LogP contribution in [-0.4, -0.2) is 17.1 Å². The number of nitrogens with one attached hydrogen (secondary N) is 2. The van der Waals surface area contributed by atoms with Crippen molar-refractivity contribution in [3.63, 3.8) is 0 Å². The van der Waals surface area contributed by atoms with Crippen molar-refractivity contribution in [2.75, 3.05) is 10.6 Å². The maximum Gasteiger partial charge on any atom is 0.258 e. The highest BCUT2D eigenvalue weighted by atomic mass is 32.2. The van der Waals surface area contributed by atoms with E-state index in [9.17, 15) is 14.0 Å². The SMILES string of the molecule is Cc1ccc(NC(=O)C(C)Sc2ccc(NC(=O)c3ccccc3F)cc2)c(C)c1. The molecule has 2 N–H and O–H groups in total. The van der Waals surface area contributed by atoms with E-state index in [1.54, 1.807) is 18.2 Å². The topological polar surface area (TPSA) is 58.2 Å². The Kier molecular flexibility index (Phi) is 6.90. The first-order valence-corrected chi connectivity index (χ1v) is 10.4. The number of carbonyl (C=O) groups excluding carboxylic acids is 2. The van der Waals surface area contributed by atoms with E-state index in [0.29, 0.717) is 5.69 Å². The molecule has 0 saturated carbocycles. The van der Waals surface area contributed by atoms with Crippen molar-refractivity contribution in [1.29, 1.82) is 0 Å². The molecule has 0 aliphatic heterocycles. The van der Waals surface area contributed by atoms with Crippen LogP contribution < -0.4 is 10.6 Å². The van der Waals surface area contributed by atoms with Crippen molar-refractivity contribution in [2.45, 2.75) is 30.9 Å². The second kappa shape index (κ2) is 9.59. The van der Waals surface area contributed by atoms with Crippen molar-refractivity contribution in [3.8, 4) is 0 Å². The number of benzene rings is 3. The normalized spacial score (nSPS) is 11.6. The number of thioether (sulfide) groups is 1. The molecule has 0 spiro atoms.